The minimum absolute atomic E-state index is 0.0595. The molecule has 3 amide bonds. The number of halogens is 1. The van der Waals surface area contributed by atoms with Gasteiger partial charge in [-0.15, -0.1) is 0 Å². The molecule has 0 radical (unpaired) electrons. The molecule has 3 aromatic carbocycles. The summed E-state index contributed by atoms with van der Waals surface area (Å²) in [6, 6.07) is 22.1. The van der Waals surface area contributed by atoms with Gasteiger partial charge in [-0.25, -0.2) is 12.7 Å². The number of unbranched alkanes of at least 4 members (excludes halogenated alkanes) is 1. The molecule has 1 atom stereocenters. The van der Waals surface area contributed by atoms with Crippen molar-refractivity contribution in [1.82, 2.24) is 14.5 Å². The van der Waals surface area contributed by atoms with Crippen molar-refractivity contribution in [2.45, 2.75) is 50.1 Å². The molecule has 4 rings (SSSR count). The molecule has 1 aliphatic rings. The minimum Gasteiger partial charge on any atom is -0.354 e. The van der Waals surface area contributed by atoms with Gasteiger partial charge in [0.25, 0.3) is 15.9 Å². The van der Waals surface area contributed by atoms with Crippen LogP contribution in [0.3, 0.4) is 0 Å². The summed E-state index contributed by atoms with van der Waals surface area (Å²) in [5.74, 6) is -1.36. The quantitative estimate of drug-likeness (QED) is 0.298. The molecular weight excluding hydrogens is 594 g/mol. The van der Waals surface area contributed by atoms with Crippen LogP contribution in [-0.2, 0) is 32.6 Å². The molecule has 1 aliphatic heterocycles. The second kappa shape index (κ2) is 13.2. The number of carbonyl (C=O) groups is 3. The van der Waals surface area contributed by atoms with Crippen molar-refractivity contribution >= 4 is 43.7 Å². The zero-order valence-corrected chi connectivity index (χ0v) is 24.7. The van der Waals surface area contributed by atoms with Gasteiger partial charge in [0, 0.05) is 36.9 Å². The molecule has 0 unspecified atom stereocenters. The van der Waals surface area contributed by atoms with E-state index in [9.17, 15) is 22.8 Å². The van der Waals surface area contributed by atoms with Crippen LogP contribution in [0.25, 0.3) is 0 Å². The van der Waals surface area contributed by atoms with E-state index in [-0.39, 0.29) is 42.3 Å². The van der Waals surface area contributed by atoms with Gasteiger partial charge in [0.1, 0.15) is 10.9 Å². The molecule has 0 aromatic heterocycles. The highest BCUT2D eigenvalue weighted by Crippen LogP contribution is 2.30. The molecule has 10 heteroatoms. The van der Waals surface area contributed by atoms with Gasteiger partial charge in [0.2, 0.25) is 11.8 Å². The maximum Gasteiger partial charge on any atom is 0.269 e. The lowest BCUT2D eigenvalue weighted by atomic mass is 10.0. The minimum atomic E-state index is -4.05. The molecule has 40 heavy (non-hydrogen) atoms. The summed E-state index contributed by atoms with van der Waals surface area (Å²) in [7, 11) is -4.05. The van der Waals surface area contributed by atoms with E-state index in [1.54, 1.807) is 12.1 Å². The van der Waals surface area contributed by atoms with Crippen LogP contribution in [-0.4, -0.2) is 54.5 Å². The first-order valence-electron chi connectivity index (χ1n) is 13.2. The highest BCUT2D eigenvalue weighted by atomic mass is 79.9. The van der Waals surface area contributed by atoms with Crippen LogP contribution in [0.2, 0.25) is 0 Å². The summed E-state index contributed by atoms with van der Waals surface area (Å²) in [6.07, 6.45) is 1.73. The van der Waals surface area contributed by atoms with Crippen molar-refractivity contribution in [2.24, 2.45) is 0 Å². The molecule has 0 saturated carbocycles. The number of sulfonamides is 1. The maximum absolute atomic E-state index is 13.8. The van der Waals surface area contributed by atoms with Crippen LogP contribution in [0.4, 0.5) is 0 Å². The van der Waals surface area contributed by atoms with Gasteiger partial charge in [-0.2, -0.15) is 0 Å². The van der Waals surface area contributed by atoms with Crippen molar-refractivity contribution in [2.75, 3.05) is 13.1 Å². The van der Waals surface area contributed by atoms with E-state index in [4.69, 9.17) is 0 Å². The van der Waals surface area contributed by atoms with Crippen LogP contribution in [0.5, 0.6) is 0 Å². The predicted molar refractivity (Wildman–Crippen MR) is 156 cm³/mol. The van der Waals surface area contributed by atoms with Crippen molar-refractivity contribution in [3.63, 3.8) is 0 Å². The molecule has 0 aliphatic carbocycles. The summed E-state index contributed by atoms with van der Waals surface area (Å²) in [5, 5.41) is 2.96. The van der Waals surface area contributed by atoms with Crippen molar-refractivity contribution < 1.29 is 22.8 Å². The lowest BCUT2D eigenvalue weighted by Gasteiger charge is -2.32. The van der Waals surface area contributed by atoms with Crippen LogP contribution in [0.15, 0.2) is 88.2 Å². The number of benzene rings is 3. The Labute approximate surface area is 243 Å². The third kappa shape index (κ3) is 6.79. The monoisotopic (exact) mass is 625 g/mol. The number of rotatable bonds is 12. The summed E-state index contributed by atoms with van der Waals surface area (Å²) < 4.78 is 27.7. The maximum atomic E-state index is 13.8. The fourth-order valence-electron chi connectivity index (χ4n) is 4.69. The van der Waals surface area contributed by atoms with Crippen LogP contribution >= 0.6 is 15.9 Å². The Hall–Kier alpha value is -3.50. The fraction of sp³-hybridized carbons (Fsp3) is 0.300. The molecule has 0 spiro atoms. The van der Waals surface area contributed by atoms with Crippen molar-refractivity contribution in [3.05, 3.63) is 100 Å². The lowest BCUT2D eigenvalue weighted by molar-refractivity contribution is -0.141. The first kappa shape index (κ1) is 29.5. The SMILES string of the molecule is CCCCNC(=O)[C@H](Cc1ccccc1)N(Cc1cccc(Br)c1)C(=O)CCN1C(=O)c2ccccc2S1(=O)=O. The van der Waals surface area contributed by atoms with Crippen molar-refractivity contribution in [3.8, 4) is 0 Å². The predicted octanol–water partition coefficient (Wildman–Crippen LogP) is 4.54. The molecule has 0 saturated heterocycles. The third-order valence-electron chi connectivity index (χ3n) is 6.78. The van der Waals surface area contributed by atoms with Gasteiger partial charge < -0.3 is 10.2 Å². The van der Waals surface area contributed by atoms with E-state index in [1.807, 2.05) is 61.5 Å². The average molecular weight is 627 g/mol. The van der Waals surface area contributed by atoms with Gasteiger partial charge in [-0.1, -0.05) is 83.9 Å². The Morgan fingerprint density at radius 2 is 1.68 bits per heavy atom. The lowest BCUT2D eigenvalue weighted by Crippen LogP contribution is -2.51. The van der Waals surface area contributed by atoms with Crippen LogP contribution < -0.4 is 5.32 Å². The Morgan fingerprint density at radius 3 is 2.38 bits per heavy atom. The molecule has 0 fully saturated rings. The Kier molecular flexibility index (Phi) is 9.76. The number of nitrogens with one attached hydrogen (secondary N) is 1. The van der Waals surface area contributed by atoms with Gasteiger partial charge in [0.15, 0.2) is 0 Å². The van der Waals surface area contributed by atoms with E-state index < -0.39 is 27.9 Å². The average Bonchev–Trinajstić information content (AvgIpc) is 3.14. The van der Waals surface area contributed by atoms with E-state index in [0.29, 0.717) is 6.54 Å². The van der Waals surface area contributed by atoms with E-state index >= 15 is 0 Å². The van der Waals surface area contributed by atoms with Crippen molar-refractivity contribution in [1.29, 1.82) is 0 Å². The molecule has 0 bridgehead atoms. The Morgan fingerprint density at radius 1 is 0.975 bits per heavy atom. The number of amides is 3. The standard InChI is InChI=1S/C30H32BrN3O5S/c1-2-3-17-32-29(36)26(20-22-10-5-4-6-11-22)33(21-23-12-9-13-24(31)19-23)28(35)16-18-34-30(37)25-14-7-8-15-27(25)40(34,38)39/h4-15,19,26H,2-3,16-18,20-21H2,1H3,(H,32,36)/t26-/m0/s1. The number of nitrogens with zero attached hydrogens (tertiary/aromatic N) is 2. The normalized spacial score (nSPS) is 14.4. The van der Waals surface area contributed by atoms with Gasteiger partial charge in [0.05, 0.1) is 5.56 Å². The fourth-order valence-corrected chi connectivity index (χ4v) is 6.70. The number of fused-ring (bicyclic) bond motifs is 1. The van der Waals surface area contributed by atoms with Gasteiger partial charge >= 0.3 is 0 Å². The van der Waals surface area contributed by atoms with E-state index in [0.717, 1.165) is 32.7 Å². The first-order valence-corrected chi connectivity index (χ1v) is 15.5. The highest BCUT2D eigenvalue weighted by Gasteiger charge is 2.41. The number of hydrogen-bond acceptors (Lipinski definition) is 5. The second-order valence-corrected chi connectivity index (χ2v) is 12.4. The molecule has 1 N–H and O–H groups in total. The topological polar surface area (TPSA) is 104 Å². The Bertz CT molecular complexity index is 1480. The first-order chi connectivity index (χ1) is 19.2. The summed E-state index contributed by atoms with van der Waals surface area (Å²) in [6.45, 7) is 2.33. The zero-order chi connectivity index (χ0) is 28.7. The smallest absolute Gasteiger partial charge is 0.269 e. The summed E-state index contributed by atoms with van der Waals surface area (Å²) >= 11 is 3.47. The Balaban J connectivity index is 1.62. The summed E-state index contributed by atoms with van der Waals surface area (Å²) in [5.41, 5.74) is 1.79. The molecule has 8 nitrogen and oxygen atoms in total. The molecule has 3 aromatic rings. The van der Waals surface area contributed by atoms with Crippen LogP contribution in [0.1, 0.15) is 47.7 Å². The third-order valence-corrected chi connectivity index (χ3v) is 9.12. The second-order valence-electron chi connectivity index (χ2n) is 9.63. The highest BCUT2D eigenvalue weighted by molar-refractivity contribution is 9.10. The molecular formula is C30H32BrN3O5S. The number of hydrogen-bond donors (Lipinski definition) is 1. The largest absolute Gasteiger partial charge is 0.354 e. The summed E-state index contributed by atoms with van der Waals surface area (Å²) in [4.78, 5) is 41.7. The van der Waals surface area contributed by atoms with E-state index in [2.05, 4.69) is 21.2 Å². The molecule has 210 valence electrons. The molecule has 1 heterocycles. The van der Waals surface area contributed by atoms with Crippen LogP contribution in [0, 0.1) is 0 Å². The van der Waals surface area contributed by atoms with E-state index in [1.165, 1.54) is 17.0 Å². The zero-order valence-electron chi connectivity index (χ0n) is 22.3. The number of carbonyl (C=O) groups excluding carboxylic acids is 3. The van der Waals surface area contributed by atoms with Gasteiger partial charge in [-0.05, 0) is 41.8 Å². The van der Waals surface area contributed by atoms with Gasteiger partial charge in [-0.3, -0.25) is 14.4 Å².